The first kappa shape index (κ1) is 21.1. The Hall–Kier alpha value is -1.92. The van der Waals surface area contributed by atoms with Gasteiger partial charge in [0.15, 0.2) is 0 Å². The van der Waals surface area contributed by atoms with Crippen LogP contribution in [0.4, 0.5) is 5.69 Å². The molecule has 0 radical (unpaired) electrons. The molecule has 1 amide bonds. The third kappa shape index (κ3) is 7.23. The summed E-state index contributed by atoms with van der Waals surface area (Å²) in [5.41, 5.74) is 8.91. The molecule has 0 atom stereocenters. The topological polar surface area (TPSA) is 73.6 Å². The summed E-state index contributed by atoms with van der Waals surface area (Å²) in [5.74, 6) is -0.145. The smallest absolute Gasteiger partial charge is 0.255 e. The first-order chi connectivity index (χ1) is 11.7. The van der Waals surface area contributed by atoms with Gasteiger partial charge in [0, 0.05) is 24.4 Å². The SMILES string of the molecule is CCOCCOCc1cccc(NC(=O)c2ccc(CN)cc2)c1.Cl. The number of hydrogen-bond acceptors (Lipinski definition) is 4. The van der Waals surface area contributed by atoms with E-state index in [9.17, 15) is 4.79 Å². The second-order valence-corrected chi connectivity index (χ2v) is 5.31. The van der Waals surface area contributed by atoms with Gasteiger partial charge in [0.05, 0.1) is 19.8 Å². The van der Waals surface area contributed by atoms with Gasteiger partial charge >= 0.3 is 0 Å². The van der Waals surface area contributed by atoms with Crippen molar-refractivity contribution < 1.29 is 14.3 Å². The average Bonchev–Trinajstić information content (AvgIpc) is 2.62. The first-order valence-electron chi connectivity index (χ1n) is 8.07. The number of rotatable bonds is 9. The molecule has 0 spiro atoms. The van der Waals surface area contributed by atoms with Gasteiger partial charge in [-0.15, -0.1) is 12.4 Å². The molecule has 2 rings (SSSR count). The van der Waals surface area contributed by atoms with E-state index in [-0.39, 0.29) is 18.3 Å². The monoisotopic (exact) mass is 364 g/mol. The standard InChI is InChI=1S/C19H24N2O3.ClH/c1-2-23-10-11-24-14-16-4-3-5-18(12-16)21-19(22)17-8-6-15(13-20)7-9-17;/h3-9,12H,2,10-11,13-14,20H2,1H3,(H,21,22);1H. The number of nitrogens with one attached hydrogen (secondary N) is 1. The zero-order valence-electron chi connectivity index (χ0n) is 14.4. The lowest BCUT2D eigenvalue weighted by Gasteiger charge is -2.09. The Morgan fingerprint density at radius 2 is 1.76 bits per heavy atom. The van der Waals surface area contributed by atoms with Gasteiger partial charge in [0.1, 0.15) is 0 Å². The lowest BCUT2D eigenvalue weighted by molar-refractivity contribution is 0.0453. The van der Waals surface area contributed by atoms with Crippen LogP contribution in [0, 0.1) is 0 Å². The van der Waals surface area contributed by atoms with Crippen molar-refractivity contribution in [3.05, 3.63) is 65.2 Å². The number of carbonyl (C=O) groups excluding carboxylic acids is 1. The summed E-state index contributed by atoms with van der Waals surface area (Å²) in [5, 5.41) is 2.90. The zero-order chi connectivity index (χ0) is 17.2. The van der Waals surface area contributed by atoms with Crippen LogP contribution >= 0.6 is 12.4 Å². The van der Waals surface area contributed by atoms with Crippen LogP contribution in [0.15, 0.2) is 48.5 Å². The van der Waals surface area contributed by atoms with Crippen molar-refractivity contribution in [3.63, 3.8) is 0 Å². The molecule has 5 nitrogen and oxygen atoms in total. The fourth-order valence-electron chi connectivity index (χ4n) is 2.19. The fourth-order valence-corrected chi connectivity index (χ4v) is 2.19. The molecule has 3 N–H and O–H groups in total. The lowest BCUT2D eigenvalue weighted by atomic mass is 10.1. The highest BCUT2D eigenvalue weighted by Gasteiger charge is 2.06. The number of ether oxygens (including phenoxy) is 2. The summed E-state index contributed by atoms with van der Waals surface area (Å²) in [6, 6.07) is 14.9. The highest BCUT2D eigenvalue weighted by atomic mass is 35.5. The van der Waals surface area contributed by atoms with E-state index < -0.39 is 0 Å². The van der Waals surface area contributed by atoms with E-state index in [2.05, 4.69) is 5.32 Å². The van der Waals surface area contributed by atoms with E-state index in [1.165, 1.54) is 0 Å². The summed E-state index contributed by atoms with van der Waals surface area (Å²) in [6.45, 7) is 4.74. The molecule has 0 saturated heterocycles. The number of benzene rings is 2. The number of anilines is 1. The van der Waals surface area contributed by atoms with Crippen molar-refractivity contribution in [3.8, 4) is 0 Å². The van der Waals surface area contributed by atoms with Crippen molar-refractivity contribution in [1.29, 1.82) is 0 Å². The molecule has 136 valence electrons. The molecule has 0 aliphatic heterocycles. The van der Waals surface area contributed by atoms with E-state index in [1.807, 2.05) is 43.3 Å². The van der Waals surface area contributed by atoms with Crippen LogP contribution in [-0.2, 0) is 22.6 Å². The molecule has 6 heteroatoms. The molecule has 0 aliphatic carbocycles. The molecular formula is C19H25ClN2O3. The van der Waals surface area contributed by atoms with Crippen LogP contribution < -0.4 is 11.1 Å². The molecule has 0 bridgehead atoms. The fraction of sp³-hybridized carbons (Fsp3) is 0.316. The van der Waals surface area contributed by atoms with E-state index >= 15 is 0 Å². The van der Waals surface area contributed by atoms with Crippen molar-refractivity contribution in [1.82, 2.24) is 0 Å². The van der Waals surface area contributed by atoms with Gasteiger partial charge in [-0.25, -0.2) is 0 Å². The van der Waals surface area contributed by atoms with Gasteiger partial charge in [0.25, 0.3) is 5.91 Å². The van der Waals surface area contributed by atoms with Crippen LogP contribution in [0.5, 0.6) is 0 Å². The summed E-state index contributed by atoms with van der Waals surface area (Å²) >= 11 is 0. The van der Waals surface area contributed by atoms with Crippen LogP contribution in [0.1, 0.15) is 28.4 Å². The largest absolute Gasteiger partial charge is 0.379 e. The molecule has 25 heavy (non-hydrogen) atoms. The van der Waals surface area contributed by atoms with Gasteiger partial charge < -0.3 is 20.5 Å². The molecule has 0 fully saturated rings. The zero-order valence-corrected chi connectivity index (χ0v) is 15.2. The molecule has 0 aromatic heterocycles. The van der Waals surface area contributed by atoms with Crippen LogP contribution in [0.2, 0.25) is 0 Å². The quantitative estimate of drug-likeness (QED) is 0.669. The second kappa shape index (κ2) is 11.6. The summed E-state index contributed by atoms with van der Waals surface area (Å²) in [4.78, 5) is 12.3. The number of carbonyl (C=O) groups is 1. The summed E-state index contributed by atoms with van der Waals surface area (Å²) in [7, 11) is 0. The minimum atomic E-state index is -0.145. The number of hydrogen-bond donors (Lipinski definition) is 2. The molecular weight excluding hydrogens is 340 g/mol. The third-order valence-electron chi connectivity index (χ3n) is 3.48. The molecule has 0 unspecified atom stereocenters. The van der Waals surface area contributed by atoms with Crippen LogP contribution in [-0.4, -0.2) is 25.7 Å². The summed E-state index contributed by atoms with van der Waals surface area (Å²) < 4.78 is 10.8. The Morgan fingerprint density at radius 3 is 2.44 bits per heavy atom. The molecule has 2 aromatic carbocycles. The minimum Gasteiger partial charge on any atom is -0.379 e. The number of nitrogens with two attached hydrogens (primary N) is 1. The molecule has 0 heterocycles. The summed E-state index contributed by atoms with van der Waals surface area (Å²) in [6.07, 6.45) is 0. The van der Waals surface area contributed by atoms with Crippen molar-refractivity contribution in [2.45, 2.75) is 20.1 Å². The van der Waals surface area contributed by atoms with Gasteiger partial charge in [-0.2, -0.15) is 0 Å². The highest BCUT2D eigenvalue weighted by Crippen LogP contribution is 2.13. The Morgan fingerprint density at radius 1 is 1.04 bits per heavy atom. The molecule has 2 aromatic rings. The average molecular weight is 365 g/mol. The lowest BCUT2D eigenvalue weighted by Crippen LogP contribution is -2.12. The molecule has 0 aliphatic rings. The van der Waals surface area contributed by atoms with Crippen LogP contribution in [0.25, 0.3) is 0 Å². The Balaban J connectivity index is 0.00000312. The minimum absolute atomic E-state index is 0. The van der Waals surface area contributed by atoms with Crippen molar-refractivity contribution in [2.75, 3.05) is 25.1 Å². The van der Waals surface area contributed by atoms with E-state index in [1.54, 1.807) is 12.1 Å². The maximum absolute atomic E-state index is 12.3. The highest BCUT2D eigenvalue weighted by molar-refractivity contribution is 6.04. The molecule has 0 saturated carbocycles. The first-order valence-corrected chi connectivity index (χ1v) is 8.07. The van der Waals surface area contributed by atoms with E-state index in [0.717, 1.165) is 16.8 Å². The van der Waals surface area contributed by atoms with Crippen molar-refractivity contribution in [2.24, 2.45) is 5.73 Å². The van der Waals surface area contributed by atoms with Crippen LogP contribution in [0.3, 0.4) is 0 Å². The Kier molecular flexibility index (Phi) is 9.80. The second-order valence-electron chi connectivity index (χ2n) is 5.31. The maximum atomic E-state index is 12.3. The predicted molar refractivity (Wildman–Crippen MR) is 102 cm³/mol. The van der Waals surface area contributed by atoms with Gasteiger partial charge in [-0.05, 0) is 42.3 Å². The Labute approximate surface area is 154 Å². The number of amides is 1. The van der Waals surface area contributed by atoms with E-state index in [4.69, 9.17) is 15.2 Å². The normalized spacial score (nSPS) is 10.2. The Bertz CT molecular complexity index is 647. The predicted octanol–water partition coefficient (Wildman–Crippen LogP) is 3.37. The van der Waals surface area contributed by atoms with Gasteiger partial charge in [0.2, 0.25) is 0 Å². The maximum Gasteiger partial charge on any atom is 0.255 e. The van der Waals surface area contributed by atoms with Crippen molar-refractivity contribution >= 4 is 24.0 Å². The van der Waals surface area contributed by atoms with Gasteiger partial charge in [-0.1, -0.05) is 24.3 Å². The van der Waals surface area contributed by atoms with Gasteiger partial charge in [-0.3, -0.25) is 4.79 Å². The number of halogens is 1. The third-order valence-corrected chi connectivity index (χ3v) is 3.48. The van der Waals surface area contributed by atoms with E-state index in [0.29, 0.717) is 38.5 Å².